The molecule has 0 aromatic carbocycles. The van der Waals surface area contributed by atoms with Gasteiger partial charge in [0, 0.05) is 25.9 Å². The van der Waals surface area contributed by atoms with Crippen molar-refractivity contribution in [3.05, 3.63) is 34.9 Å². The Morgan fingerprint density at radius 1 is 1.44 bits per heavy atom. The monoisotopic (exact) mass is 269 g/mol. The van der Waals surface area contributed by atoms with Crippen molar-refractivity contribution < 1.29 is 4.74 Å². The third-order valence-electron chi connectivity index (χ3n) is 2.72. The van der Waals surface area contributed by atoms with Crippen LogP contribution in [0.3, 0.4) is 0 Å². The quantitative estimate of drug-likeness (QED) is 0.878. The van der Waals surface area contributed by atoms with E-state index in [-0.39, 0.29) is 6.04 Å². The molecule has 98 valence electrons. The molecule has 0 spiro atoms. The standard InChI is InChI=1S/C11H16ClN5O/c1-16-7-8(5-14-16)10(13)11-9(12)6-15-17(11)3-4-18-2/h5-7,10H,3-4,13H2,1-2H3. The molecule has 2 rings (SSSR count). The number of rotatable bonds is 5. The molecule has 0 aliphatic carbocycles. The molecule has 0 saturated carbocycles. The first-order valence-electron chi connectivity index (χ1n) is 5.57. The Labute approximate surface area is 110 Å². The lowest BCUT2D eigenvalue weighted by Gasteiger charge is -2.13. The molecule has 0 fully saturated rings. The van der Waals surface area contributed by atoms with E-state index in [0.29, 0.717) is 18.2 Å². The van der Waals surface area contributed by atoms with Crippen LogP contribution in [0.1, 0.15) is 17.3 Å². The average Bonchev–Trinajstić information content (AvgIpc) is 2.92. The Balaban J connectivity index is 2.28. The Morgan fingerprint density at radius 3 is 2.83 bits per heavy atom. The van der Waals surface area contributed by atoms with Gasteiger partial charge in [0.1, 0.15) is 0 Å². The third kappa shape index (κ3) is 2.55. The van der Waals surface area contributed by atoms with Crippen molar-refractivity contribution in [1.82, 2.24) is 19.6 Å². The van der Waals surface area contributed by atoms with Crippen molar-refractivity contribution >= 4 is 11.6 Å². The minimum atomic E-state index is -0.342. The van der Waals surface area contributed by atoms with Crippen LogP contribution in [0.15, 0.2) is 18.6 Å². The van der Waals surface area contributed by atoms with E-state index in [4.69, 9.17) is 22.1 Å². The van der Waals surface area contributed by atoms with Crippen LogP contribution in [0.25, 0.3) is 0 Å². The SMILES string of the molecule is COCCn1ncc(Cl)c1C(N)c1cnn(C)c1. The van der Waals surface area contributed by atoms with Crippen LogP contribution in [-0.2, 0) is 18.3 Å². The topological polar surface area (TPSA) is 70.9 Å². The van der Waals surface area contributed by atoms with Gasteiger partial charge in [0.05, 0.1) is 42.3 Å². The fraction of sp³-hybridized carbons (Fsp3) is 0.455. The first-order chi connectivity index (χ1) is 8.63. The zero-order chi connectivity index (χ0) is 13.1. The molecule has 0 aliphatic rings. The summed E-state index contributed by atoms with van der Waals surface area (Å²) in [6, 6.07) is -0.342. The second-order valence-electron chi connectivity index (χ2n) is 4.02. The highest BCUT2D eigenvalue weighted by molar-refractivity contribution is 6.31. The van der Waals surface area contributed by atoms with Gasteiger partial charge in [-0.15, -0.1) is 0 Å². The number of aryl methyl sites for hydroxylation is 1. The van der Waals surface area contributed by atoms with E-state index in [1.165, 1.54) is 0 Å². The minimum absolute atomic E-state index is 0.342. The van der Waals surface area contributed by atoms with Crippen molar-refractivity contribution in [1.29, 1.82) is 0 Å². The lowest BCUT2D eigenvalue weighted by atomic mass is 10.1. The number of nitrogens with two attached hydrogens (primary N) is 1. The minimum Gasteiger partial charge on any atom is -0.383 e. The summed E-state index contributed by atoms with van der Waals surface area (Å²) < 4.78 is 8.51. The lowest BCUT2D eigenvalue weighted by molar-refractivity contribution is 0.182. The van der Waals surface area contributed by atoms with Crippen LogP contribution in [0.5, 0.6) is 0 Å². The highest BCUT2D eigenvalue weighted by Crippen LogP contribution is 2.25. The Hall–Kier alpha value is -1.37. The number of nitrogens with zero attached hydrogens (tertiary/aromatic N) is 4. The predicted octanol–water partition coefficient (Wildman–Crippen LogP) is 0.964. The van der Waals surface area contributed by atoms with E-state index in [0.717, 1.165) is 11.3 Å². The van der Waals surface area contributed by atoms with Crippen molar-refractivity contribution in [2.75, 3.05) is 13.7 Å². The van der Waals surface area contributed by atoms with Crippen molar-refractivity contribution in [3.8, 4) is 0 Å². The molecule has 6 nitrogen and oxygen atoms in total. The Kier molecular flexibility index (Phi) is 4.00. The summed E-state index contributed by atoms with van der Waals surface area (Å²) in [5.41, 5.74) is 7.89. The van der Waals surface area contributed by atoms with Gasteiger partial charge in [0.25, 0.3) is 0 Å². The molecule has 0 amide bonds. The first kappa shape index (κ1) is 13.1. The maximum absolute atomic E-state index is 6.21. The molecule has 0 bridgehead atoms. The summed E-state index contributed by atoms with van der Waals surface area (Å²) in [5.74, 6) is 0. The maximum Gasteiger partial charge on any atom is 0.0837 e. The van der Waals surface area contributed by atoms with E-state index < -0.39 is 0 Å². The fourth-order valence-electron chi connectivity index (χ4n) is 1.80. The van der Waals surface area contributed by atoms with E-state index in [1.54, 1.807) is 28.9 Å². The van der Waals surface area contributed by atoms with Gasteiger partial charge < -0.3 is 10.5 Å². The maximum atomic E-state index is 6.21. The molecule has 0 saturated heterocycles. The van der Waals surface area contributed by atoms with Crippen LogP contribution >= 0.6 is 11.6 Å². The lowest BCUT2D eigenvalue weighted by Crippen LogP contribution is -2.19. The number of ether oxygens (including phenoxy) is 1. The summed E-state index contributed by atoms with van der Waals surface area (Å²) >= 11 is 6.14. The number of halogens is 1. The molecule has 1 unspecified atom stereocenters. The molecular weight excluding hydrogens is 254 g/mol. The highest BCUT2D eigenvalue weighted by atomic mass is 35.5. The van der Waals surface area contributed by atoms with Gasteiger partial charge in [-0.25, -0.2) is 0 Å². The van der Waals surface area contributed by atoms with Gasteiger partial charge in [0.2, 0.25) is 0 Å². The van der Waals surface area contributed by atoms with Gasteiger partial charge in [-0.2, -0.15) is 10.2 Å². The second-order valence-corrected chi connectivity index (χ2v) is 4.43. The van der Waals surface area contributed by atoms with Crippen LogP contribution in [0, 0.1) is 0 Å². The fourth-order valence-corrected chi connectivity index (χ4v) is 2.05. The summed E-state index contributed by atoms with van der Waals surface area (Å²) in [6.07, 6.45) is 5.20. The van der Waals surface area contributed by atoms with Gasteiger partial charge >= 0.3 is 0 Å². The van der Waals surface area contributed by atoms with Crippen molar-refractivity contribution in [2.24, 2.45) is 12.8 Å². The van der Waals surface area contributed by atoms with Crippen LogP contribution in [0.4, 0.5) is 0 Å². The summed E-state index contributed by atoms with van der Waals surface area (Å²) in [4.78, 5) is 0. The molecule has 1 atom stereocenters. The highest BCUT2D eigenvalue weighted by Gasteiger charge is 2.19. The van der Waals surface area contributed by atoms with Crippen LogP contribution in [-0.4, -0.2) is 33.3 Å². The largest absolute Gasteiger partial charge is 0.383 e. The molecule has 2 aromatic rings. The number of hydrogen-bond donors (Lipinski definition) is 1. The normalized spacial score (nSPS) is 12.9. The van der Waals surface area contributed by atoms with E-state index in [1.807, 2.05) is 13.2 Å². The molecule has 0 radical (unpaired) electrons. The smallest absolute Gasteiger partial charge is 0.0837 e. The number of hydrogen-bond acceptors (Lipinski definition) is 4. The first-order valence-corrected chi connectivity index (χ1v) is 5.95. The average molecular weight is 270 g/mol. The molecule has 7 heteroatoms. The second kappa shape index (κ2) is 5.51. The number of methoxy groups -OCH3 is 1. The zero-order valence-electron chi connectivity index (χ0n) is 10.4. The van der Waals surface area contributed by atoms with Crippen LogP contribution in [0.2, 0.25) is 5.02 Å². The molecule has 2 heterocycles. The van der Waals surface area contributed by atoms with Gasteiger partial charge in [-0.3, -0.25) is 9.36 Å². The zero-order valence-corrected chi connectivity index (χ0v) is 11.1. The van der Waals surface area contributed by atoms with E-state index in [9.17, 15) is 0 Å². The summed E-state index contributed by atoms with van der Waals surface area (Å²) in [6.45, 7) is 1.18. The Bertz CT molecular complexity index is 521. The van der Waals surface area contributed by atoms with Gasteiger partial charge in [0.15, 0.2) is 0 Å². The molecule has 2 N–H and O–H groups in total. The van der Waals surface area contributed by atoms with Crippen molar-refractivity contribution in [2.45, 2.75) is 12.6 Å². The Morgan fingerprint density at radius 2 is 2.22 bits per heavy atom. The van der Waals surface area contributed by atoms with Crippen molar-refractivity contribution in [3.63, 3.8) is 0 Å². The van der Waals surface area contributed by atoms with E-state index in [2.05, 4.69) is 10.2 Å². The molecule has 0 aliphatic heterocycles. The number of aromatic nitrogens is 4. The summed E-state index contributed by atoms with van der Waals surface area (Å²) in [7, 11) is 3.49. The van der Waals surface area contributed by atoms with Gasteiger partial charge in [-0.05, 0) is 0 Å². The molecular formula is C11H16ClN5O. The predicted molar refractivity (Wildman–Crippen MR) is 68.4 cm³/mol. The molecule has 2 aromatic heterocycles. The van der Waals surface area contributed by atoms with Crippen LogP contribution < -0.4 is 5.73 Å². The van der Waals surface area contributed by atoms with Gasteiger partial charge in [-0.1, -0.05) is 11.6 Å². The molecule has 18 heavy (non-hydrogen) atoms. The third-order valence-corrected chi connectivity index (χ3v) is 3.01. The summed E-state index contributed by atoms with van der Waals surface area (Å²) in [5, 5.41) is 8.87. The van der Waals surface area contributed by atoms with E-state index >= 15 is 0 Å².